The molecule has 0 amide bonds. The third kappa shape index (κ3) is 3.44. The number of likely N-dealkylation sites (tertiary alicyclic amines) is 1. The molecule has 0 saturated carbocycles. The van der Waals surface area contributed by atoms with Gasteiger partial charge in [0, 0.05) is 15.8 Å². The van der Waals surface area contributed by atoms with Crippen molar-refractivity contribution >= 4 is 11.3 Å². The highest BCUT2D eigenvalue weighted by molar-refractivity contribution is 7.12. The Hall–Kier alpha value is -0.380. The molecule has 114 valence electrons. The van der Waals surface area contributed by atoms with Crippen molar-refractivity contribution in [1.29, 1.82) is 0 Å². The molecule has 2 atom stereocenters. The second-order valence-corrected chi connectivity index (χ2v) is 8.10. The van der Waals surface area contributed by atoms with Gasteiger partial charge in [-0.25, -0.2) is 0 Å². The minimum Gasteiger partial charge on any atom is -0.319 e. The fraction of sp³-hybridized carbons (Fsp3) is 0.765. The molecular formula is C17H30N2S. The van der Waals surface area contributed by atoms with E-state index in [0.717, 1.165) is 19.0 Å². The van der Waals surface area contributed by atoms with Crippen LogP contribution in [0.4, 0.5) is 0 Å². The molecule has 3 heteroatoms. The molecule has 2 nitrogen and oxygen atoms in total. The van der Waals surface area contributed by atoms with Gasteiger partial charge >= 0.3 is 0 Å². The molecule has 0 bridgehead atoms. The first kappa shape index (κ1) is 16.0. The van der Waals surface area contributed by atoms with Crippen molar-refractivity contribution in [2.75, 3.05) is 26.7 Å². The minimum atomic E-state index is 0.271. The van der Waals surface area contributed by atoms with Crippen LogP contribution in [-0.2, 0) is 5.41 Å². The molecule has 1 aliphatic heterocycles. The van der Waals surface area contributed by atoms with E-state index < -0.39 is 0 Å². The SMILES string of the molecule is CCN1CCCC(CNC)C1c1ccc(C(C)(C)C)s1. The Bertz CT molecular complexity index is 417. The van der Waals surface area contributed by atoms with E-state index in [1.54, 1.807) is 4.88 Å². The van der Waals surface area contributed by atoms with Crippen molar-refractivity contribution in [3.05, 3.63) is 21.9 Å². The summed E-state index contributed by atoms with van der Waals surface area (Å²) < 4.78 is 0. The number of nitrogens with one attached hydrogen (secondary N) is 1. The molecule has 2 rings (SSSR count). The average Bonchev–Trinajstić information content (AvgIpc) is 2.88. The molecule has 20 heavy (non-hydrogen) atoms. The van der Waals surface area contributed by atoms with Gasteiger partial charge in [-0.1, -0.05) is 27.7 Å². The number of hydrogen-bond donors (Lipinski definition) is 1. The highest BCUT2D eigenvalue weighted by Crippen LogP contribution is 2.41. The Morgan fingerprint density at radius 2 is 2.10 bits per heavy atom. The standard InChI is InChI=1S/C17H30N2S/c1-6-19-11-7-8-13(12-18-5)16(19)14-9-10-15(20-14)17(2,3)4/h9-10,13,16,18H,6-8,11-12H2,1-5H3. The highest BCUT2D eigenvalue weighted by Gasteiger charge is 2.33. The van der Waals surface area contributed by atoms with E-state index in [1.807, 2.05) is 11.3 Å². The smallest absolute Gasteiger partial charge is 0.0481 e. The lowest BCUT2D eigenvalue weighted by Crippen LogP contribution is -2.41. The van der Waals surface area contributed by atoms with Gasteiger partial charge in [0.1, 0.15) is 0 Å². The third-order valence-corrected chi connectivity index (χ3v) is 5.97. The van der Waals surface area contributed by atoms with E-state index in [-0.39, 0.29) is 5.41 Å². The Labute approximate surface area is 128 Å². The quantitative estimate of drug-likeness (QED) is 0.901. The van der Waals surface area contributed by atoms with Crippen LogP contribution in [-0.4, -0.2) is 31.6 Å². The van der Waals surface area contributed by atoms with Crippen LogP contribution in [0.15, 0.2) is 12.1 Å². The maximum atomic E-state index is 3.40. The Balaban J connectivity index is 2.26. The molecule has 1 fully saturated rings. The second-order valence-electron chi connectivity index (χ2n) is 6.99. The molecule has 2 heterocycles. The van der Waals surface area contributed by atoms with Crippen molar-refractivity contribution in [2.45, 2.75) is 52.0 Å². The molecule has 1 aromatic heterocycles. The predicted octanol–water partition coefficient (Wildman–Crippen LogP) is 4.04. The van der Waals surface area contributed by atoms with Gasteiger partial charge in [-0.2, -0.15) is 0 Å². The monoisotopic (exact) mass is 294 g/mol. The van der Waals surface area contributed by atoms with E-state index in [2.05, 4.69) is 57.1 Å². The molecule has 2 unspecified atom stereocenters. The zero-order valence-electron chi connectivity index (χ0n) is 13.7. The van der Waals surface area contributed by atoms with Crippen molar-refractivity contribution in [3.63, 3.8) is 0 Å². The lowest BCUT2D eigenvalue weighted by Gasteiger charge is -2.40. The number of thiophene rings is 1. The Kier molecular flexibility index (Phi) is 5.27. The fourth-order valence-corrected chi connectivity index (χ4v) is 4.60. The molecule has 1 N–H and O–H groups in total. The molecule has 1 aromatic rings. The van der Waals surface area contributed by atoms with Crippen LogP contribution in [0.2, 0.25) is 0 Å². The van der Waals surface area contributed by atoms with Gasteiger partial charge in [0.2, 0.25) is 0 Å². The van der Waals surface area contributed by atoms with Gasteiger partial charge in [-0.05, 0) is 63.0 Å². The second kappa shape index (κ2) is 6.59. The minimum absolute atomic E-state index is 0.271. The lowest BCUT2D eigenvalue weighted by atomic mass is 9.88. The summed E-state index contributed by atoms with van der Waals surface area (Å²) in [5, 5.41) is 3.40. The summed E-state index contributed by atoms with van der Waals surface area (Å²) in [5.74, 6) is 0.750. The highest BCUT2D eigenvalue weighted by atomic mass is 32.1. The van der Waals surface area contributed by atoms with Gasteiger partial charge in [-0.3, -0.25) is 4.90 Å². The summed E-state index contributed by atoms with van der Waals surface area (Å²) in [6, 6.07) is 5.34. The van der Waals surface area contributed by atoms with Crippen molar-refractivity contribution in [3.8, 4) is 0 Å². The maximum Gasteiger partial charge on any atom is 0.0481 e. The van der Waals surface area contributed by atoms with Crippen LogP contribution in [0.25, 0.3) is 0 Å². The third-order valence-electron chi connectivity index (χ3n) is 4.39. The summed E-state index contributed by atoms with van der Waals surface area (Å²) in [4.78, 5) is 5.75. The van der Waals surface area contributed by atoms with Crippen molar-refractivity contribution in [1.82, 2.24) is 10.2 Å². The zero-order valence-corrected chi connectivity index (χ0v) is 14.5. The first-order valence-electron chi connectivity index (χ1n) is 7.96. The van der Waals surface area contributed by atoms with Crippen LogP contribution in [0, 0.1) is 5.92 Å². The van der Waals surface area contributed by atoms with Gasteiger partial charge in [-0.15, -0.1) is 11.3 Å². The first-order valence-corrected chi connectivity index (χ1v) is 8.78. The molecule has 0 radical (unpaired) electrons. The molecule has 0 aromatic carbocycles. The van der Waals surface area contributed by atoms with Gasteiger partial charge in [0.05, 0.1) is 0 Å². The maximum absolute atomic E-state index is 3.40. The fourth-order valence-electron chi connectivity index (χ4n) is 3.31. The molecule has 0 aliphatic carbocycles. The number of hydrogen-bond acceptors (Lipinski definition) is 3. The van der Waals surface area contributed by atoms with E-state index in [1.165, 1.54) is 24.3 Å². The van der Waals surface area contributed by atoms with Gasteiger partial charge in [0.25, 0.3) is 0 Å². The van der Waals surface area contributed by atoms with Crippen molar-refractivity contribution < 1.29 is 0 Å². The largest absolute Gasteiger partial charge is 0.319 e. The van der Waals surface area contributed by atoms with E-state index >= 15 is 0 Å². The number of nitrogens with zero attached hydrogens (tertiary/aromatic N) is 1. The van der Waals surface area contributed by atoms with Crippen LogP contribution in [0.3, 0.4) is 0 Å². The molecule has 1 saturated heterocycles. The summed E-state index contributed by atoms with van der Waals surface area (Å²) in [5.41, 5.74) is 0.271. The van der Waals surface area contributed by atoms with Gasteiger partial charge in [0.15, 0.2) is 0 Å². The van der Waals surface area contributed by atoms with Crippen LogP contribution in [0.5, 0.6) is 0 Å². The lowest BCUT2D eigenvalue weighted by molar-refractivity contribution is 0.101. The Morgan fingerprint density at radius 1 is 1.35 bits per heavy atom. The van der Waals surface area contributed by atoms with Crippen LogP contribution in [0.1, 0.15) is 56.3 Å². The van der Waals surface area contributed by atoms with Crippen molar-refractivity contribution in [2.24, 2.45) is 5.92 Å². The predicted molar refractivity (Wildman–Crippen MR) is 89.7 cm³/mol. The van der Waals surface area contributed by atoms with Crippen LogP contribution < -0.4 is 5.32 Å². The molecule has 1 aliphatic rings. The molecular weight excluding hydrogens is 264 g/mol. The number of rotatable bonds is 4. The summed E-state index contributed by atoms with van der Waals surface area (Å²) in [6.45, 7) is 12.8. The van der Waals surface area contributed by atoms with E-state index in [4.69, 9.17) is 0 Å². The first-order chi connectivity index (χ1) is 9.47. The Morgan fingerprint density at radius 3 is 2.65 bits per heavy atom. The summed E-state index contributed by atoms with van der Waals surface area (Å²) >= 11 is 2.03. The van der Waals surface area contributed by atoms with E-state index in [9.17, 15) is 0 Å². The number of piperidine rings is 1. The van der Waals surface area contributed by atoms with Crippen LogP contribution >= 0.6 is 11.3 Å². The average molecular weight is 295 g/mol. The summed E-state index contributed by atoms with van der Waals surface area (Å²) in [7, 11) is 2.08. The summed E-state index contributed by atoms with van der Waals surface area (Å²) in [6.07, 6.45) is 2.69. The normalized spacial score (nSPS) is 25.1. The molecule has 0 spiro atoms. The topological polar surface area (TPSA) is 15.3 Å². The van der Waals surface area contributed by atoms with Gasteiger partial charge < -0.3 is 5.32 Å². The zero-order chi connectivity index (χ0) is 14.8. The van der Waals surface area contributed by atoms with E-state index in [0.29, 0.717) is 6.04 Å².